The number of thiophene rings is 1. The lowest BCUT2D eigenvalue weighted by atomic mass is 10.2. The van der Waals surface area contributed by atoms with Crippen molar-refractivity contribution in [2.24, 2.45) is 0 Å². The average molecular weight is 376 g/mol. The van der Waals surface area contributed by atoms with Gasteiger partial charge in [-0.1, -0.05) is 23.7 Å². The minimum absolute atomic E-state index is 0.0423. The molecule has 0 spiro atoms. The van der Waals surface area contributed by atoms with Gasteiger partial charge in [0, 0.05) is 36.3 Å². The predicted molar refractivity (Wildman–Crippen MR) is 99.1 cm³/mol. The van der Waals surface area contributed by atoms with Gasteiger partial charge in [-0.3, -0.25) is 4.79 Å². The first kappa shape index (κ1) is 16.3. The third kappa shape index (κ3) is 3.19. The van der Waals surface area contributed by atoms with Crippen LogP contribution in [-0.4, -0.2) is 42.0 Å². The van der Waals surface area contributed by atoms with Gasteiger partial charge in [0.15, 0.2) is 0 Å². The zero-order chi connectivity index (χ0) is 17.4. The molecule has 0 radical (unpaired) electrons. The standard InChI is InChI=1S/C18H15ClFN3OS/c19-16-5-2-6-17(21-16)22-7-9-23(10-8-22)18(24)15-11-12-13(20)3-1-4-14(12)25-15/h1-6,11H,7-10H2. The second-order valence-corrected chi connectivity index (χ2v) is 7.33. The van der Waals surface area contributed by atoms with Crippen LogP contribution >= 0.6 is 22.9 Å². The van der Waals surface area contributed by atoms with E-state index < -0.39 is 0 Å². The summed E-state index contributed by atoms with van der Waals surface area (Å²) in [7, 11) is 0. The van der Waals surface area contributed by atoms with E-state index in [2.05, 4.69) is 9.88 Å². The Morgan fingerprint density at radius 3 is 2.60 bits per heavy atom. The fourth-order valence-electron chi connectivity index (χ4n) is 3.00. The first-order valence-corrected chi connectivity index (χ1v) is 9.16. The summed E-state index contributed by atoms with van der Waals surface area (Å²) in [5.41, 5.74) is 0. The van der Waals surface area contributed by atoms with Gasteiger partial charge in [0.05, 0.1) is 4.88 Å². The monoisotopic (exact) mass is 375 g/mol. The maximum absolute atomic E-state index is 13.8. The van der Waals surface area contributed by atoms with Gasteiger partial charge in [0.1, 0.15) is 16.8 Å². The van der Waals surface area contributed by atoms with Crippen molar-refractivity contribution in [3.63, 3.8) is 0 Å². The lowest BCUT2D eigenvalue weighted by Gasteiger charge is -2.35. The summed E-state index contributed by atoms with van der Waals surface area (Å²) in [6, 6.07) is 12.1. The van der Waals surface area contributed by atoms with E-state index in [-0.39, 0.29) is 11.7 Å². The Balaban J connectivity index is 1.48. The number of amides is 1. The van der Waals surface area contributed by atoms with Crippen LogP contribution in [0, 0.1) is 5.82 Å². The van der Waals surface area contributed by atoms with Crippen molar-refractivity contribution in [3.05, 3.63) is 58.3 Å². The SMILES string of the molecule is O=C(c1cc2c(F)cccc2s1)N1CCN(c2cccc(Cl)n2)CC1. The summed E-state index contributed by atoms with van der Waals surface area (Å²) in [5.74, 6) is 0.493. The van der Waals surface area contributed by atoms with Crippen LogP contribution in [-0.2, 0) is 0 Å². The molecule has 0 aliphatic carbocycles. The molecule has 1 aromatic carbocycles. The molecule has 2 aromatic heterocycles. The van der Waals surface area contributed by atoms with Crippen molar-refractivity contribution >= 4 is 44.7 Å². The molecular formula is C18H15ClFN3OS. The highest BCUT2D eigenvalue weighted by Crippen LogP contribution is 2.29. The zero-order valence-electron chi connectivity index (χ0n) is 13.3. The molecule has 7 heteroatoms. The van der Waals surface area contributed by atoms with E-state index in [0.29, 0.717) is 41.6 Å². The van der Waals surface area contributed by atoms with Crippen LogP contribution in [0.5, 0.6) is 0 Å². The topological polar surface area (TPSA) is 36.4 Å². The molecule has 3 heterocycles. The van der Waals surface area contributed by atoms with Gasteiger partial charge in [-0.25, -0.2) is 9.37 Å². The summed E-state index contributed by atoms with van der Waals surface area (Å²) >= 11 is 7.28. The Labute approximate surface area is 153 Å². The number of piperazine rings is 1. The number of rotatable bonds is 2. The molecule has 25 heavy (non-hydrogen) atoms. The lowest BCUT2D eigenvalue weighted by molar-refractivity contribution is 0.0751. The normalized spacial score (nSPS) is 15.0. The molecule has 3 aromatic rings. The highest BCUT2D eigenvalue weighted by atomic mass is 35.5. The molecule has 0 N–H and O–H groups in total. The lowest BCUT2D eigenvalue weighted by Crippen LogP contribution is -2.48. The van der Waals surface area contributed by atoms with Crippen molar-refractivity contribution in [1.82, 2.24) is 9.88 Å². The fourth-order valence-corrected chi connectivity index (χ4v) is 4.20. The smallest absolute Gasteiger partial charge is 0.264 e. The molecule has 1 aliphatic heterocycles. The van der Waals surface area contributed by atoms with E-state index in [1.54, 1.807) is 18.2 Å². The Morgan fingerprint density at radius 1 is 1.12 bits per heavy atom. The predicted octanol–water partition coefficient (Wildman–Crippen LogP) is 4.05. The minimum Gasteiger partial charge on any atom is -0.353 e. The quantitative estimate of drug-likeness (QED) is 0.634. The number of halogens is 2. The van der Waals surface area contributed by atoms with Gasteiger partial charge < -0.3 is 9.80 Å². The maximum atomic E-state index is 13.8. The van der Waals surface area contributed by atoms with Crippen LogP contribution in [0.3, 0.4) is 0 Å². The van der Waals surface area contributed by atoms with Gasteiger partial charge in [-0.05, 0) is 30.3 Å². The molecule has 0 atom stereocenters. The summed E-state index contributed by atoms with van der Waals surface area (Å²) < 4.78 is 14.6. The number of anilines is 1. The number of carbonyl (C=O) groups is 1. The Hall–Kier alpha value is -2.18. The van der Waals surface area contributed by atoms with Crippen molar-refractivity contribution in [2.75, 3.05) is 31.1 Å². The largest absolute Gasteiger partial charge is 0.353 e. The number of aromatic nitrogens is 1. The number of hydrogen-bond donors (Lipinski definition) is 0. The molecule has 0 unspecified atom stereocenters. The van der Waals surface area contributed by atoms with Crippen LogP contribution in [0.1, 0.15) is 9.67 Å². The molecule has 1 amide bonds. The van der Waals surface area contributed by atoms with Gasteiger partial charge >= 0.3 is 0 Å². The first-order valence-electron chi connectivity index (χ1n) is 7.97. The number of carbonyl (C=O) groups excluding carboxylic acids is 1. The van der Waals surface area contributed by atoms with Crippen LogP contribution < -0.4 is 4.90 Å². The van der Waals surface area contributed by atoms with Crippen LogP contribution in [0.2, 0.25) is 5.15 Å². The maximum Gasteiger partial charge on any atom is 0.264 e. The van der Waals surface area contributed by atoms with E-state index in [9.17, 15) is 9.18 Å². The second kappa shape index (κ2) is 6.61. The molecule has 1 aliphatic rings. The van der Waals surface area contributed by atoms with E-state index in [1.165, 1.54) is 17.4 Å². The van der Waals surface area contributed by atoms with E-state index in [1.807, 2.05) is 23.1 Å². The first-order chi connectivity index (χ1) is 12.1. The Kier molecular flexibility index (Phi) is 4.31. The van der Waals surface area contributed by atoms with Crippen molar-refractivity contribution in [2.45, 2.75) is 0 Å². The summed E-state index contributed by atoms with van der Waals surface area (Å²) in [5, 5.41) is 0.973. The minimum atomic E-state index is -0.287. The highest BCUT2D eigenvalue weighted by Gasteiger charge is 2.24. The molecular weight excluding hydrogens is 361 g/mol. The van der Waals surface area contributed by atoms with E-state index in [0.717, 1.165) is 10.5 Å². The van der Waals surface area contributed by atoms with Crippen LogP contribution in [0.15, 0.2) is 42.5 Å². The van der Waals surface area contributed by atoms with Crippen molar-refractivity contribution in [3.8, 4) is 0 Å². The highest BCUT2D eigenvalue weighted by molar-refractivity contribution is 7.20. The zero-order valence-corrected chi connectivity index (χ0v) is 14.9. The molecule has 4 nitrogen and oxygen atoms in total. The Bertz CT molecular complexity index is 937. The average Bonchev–Trinajstić information content (AvgIpc) is 3.07. The fraction of sp³-hybridized carbons (Fsp3) is 0.222. The van der Waals surface area contributed by atoms with Gasteiger partial charge in [0.2, 0.25) is 0 Å². The van der Waals surface area contributed by atoms with Gasteiger partial charge in [-0.2, -0.15) is 0 Å². The summed E-state index contributed by atoms with van der Waals surface area (Å²) in [4.78, 5) is 21.5. The number of fused-ring (bicyclic) bond motifs is 1. The molecule has 128 valence electrons. The summed E-state index contributed by atoms with van der Waals surface area (Å²) in [6.45, 7) is 2.59. The molecule has 0 saturated carbocycles. The third-order valence-electron chi connectivity index (χ3n) is 4.31. The van der Waals surface area contributed by atoms with Crippen LogP contribution in [0.4, 0.5) is 10.2 Å². The summed E-state index contributed by atoms with van der Waals surface area (Å²) in [6.07, 6.45) is 0. The number of hydrogen-bond acceptors (Lipinski definition) is 4. The van der Waals surface area contributed by atoms with Crippen LogP contribution in [0.25, 0.3) is 10.1 Å². The molecule has 4 rings (SSSR count). The molecule has 0 bridgehead atoms. The number of pyridine rings is 1. The van der Waals surface area contributed by atoms with Gasteiger partial charge in [0.25, 0.3) is 5.91 Å². The van der Waals surface area contributed by atoms with Crippen molar-refractivity contribution in [1.29, 1.82) is 0 Å². The number of benzene rings is 1. The third-order valence-corrected chi connectivity index (χ3v) is 5.61. The number of nitrogens with zero attached hydrogens (tertiary/aromatic N) is 3. The van der Waals surface area contributed by atoms with E-state index >= 15 is 0 Å². The van der Waals surface area contributed by atoms with E-state index in [4.69, 9.17) is 11.6 Å². The second-order valence-electron chi connectivity index (χ2n) is 5.86. The molecule has 1 saturated heterocycles. The van der Waals surface area contributed by atoms with Gasteiger partial charge in [-0.15, -0.1) is 11.3 Å². The molecule has 1 fully saturated rings. The van der Waals surface area contributed by atoms with Crippen molar-refractivity contribution < 1.29 is 9.18 Å². The Morgan fingerprint density at radius 2 is 1.88 bits per heavy atom.